The summed E-state index contributed by atoms with van der Waals surface area (Å²) in [5.74, 6) is -0.912. The number of esters is 3. The van der Waals surface area contributed by atoms with Gasteiger partial charge in [-0.25, -0.2) is 0 Å². The molecule has 0 radical (unpaired) electrons. The molecule has 0 aliphatic heterocycles. The Bertz CT molecular complexity index is 1070. The number of unbranched alkanes of at least 4 members (excludes halogenated alkanes) is 30. The molecular formula is C55H98O6. The van der Waals surface area contributed by atoms with Crippen LogP contribution in [-0.4, -0.2) is 37.2 Å². The summed E-state index contributed by atoms with van der Waals surface area (Å²) >= 11 is 0. The quantitative estimate of drug-likeness (QED) is 0.0199. The maximum Gasteiger partial charge on any atom is 0.306 e. The molecule has 0 saturated heterocycles. The molecule has 0 fully saturated rings. The van der Waals surface area contributed by atoms with E-state index in [0.717, 1.165) is 96.3 Å². The Balaban J connectivity index is 4.39. The molecule has 0 N–H and O–H groups in total. The van der Waals surface area contributed by atoms with Crippen LogP contribution in [0.5, 0.6) is 0 Å². The van der Waals surface area contributed by atoms with Crippen molar-refractivity contribution in [2.24, 2.45) is 0 Å². The van der Waals surface area contributed by atoms with Crippen molar-refractivity contribution in [1.82, 2.24) is 0 Å². The van der Waals surface area contributed by atoms with E-state index in [1.807, 2.05) is 0 Å². The molecule has 354 valence electrons. The van der Waals surface area contributed by atoms with Gasteiger partial charge in [0.25, 0.3) is 0 Å². The number of hydrogen-bond donors (Lipinski definition) is 0. The van der Waals surface area contributed by atoms with Gasteiger partial charge >= 0.3 is 17.9 Å². The molecule has 0 aromatic heterocycles. The lowest BCUT2D eigenvalue weighted by Crippen LogP contribution is -2.30. The average Bonchev–Trinajstić information content (AvgIpc) is 3.26. The standard InChI is InChI=1S/C55H98O6/c1-4-7-10-13-16-19-22-25-27-28-31-33-36-39-42-45-48-54(57)60-51-52(50-59-53(56)47-44-41-38-35-32-29-24-21-18-15-12-9-6-3)61-55(58)49-46-43-40-37-34-30-26-23-20-17-14-11-8-5-2/h9,12,15,18,21,24,30,34,52H,4-8,10-11,13-14,16-17,19-20,22-23,25-29,31-33,35-51H2,1-3H3/b12-9+,18-15+,24-21+,34-30+. The van der Waals surface area contributed by atoms with E-state index in [9.17, 15) is 14.4 Å². The number of rotatable bonds is 47. The third-order valence-electron chi connectivity index (χ3n) is 11.4. The monoisotopic (exact) mass is 855 g/mol. The van der Waals surface area contributed by atoms with Crippen LogP contribution < -0.4 is 0 Å². The second kappa shape index (κ2) is 50.0. The fraction of sp³-hybridized carbons (Fsp3) is 0.800. The zero-order valence-electron chi connectivity index (χ0n) is 40.4. The number of carbonyl (C=O) groups is 3. The predicted molar refractivity (Wildman–Crippen MR) is 261 cm³/mol. The van der Waals surface area contributed by atoms with Gasteiger partial charge in [0.2, 0.25) is 0 Å². The van der Waals surface area contributed by atoms with Gasteiger partial charge in [0.1, 0.15) is 13.2 Å². The van der Waals surface area contributed by atoms with Crippen molar-refractivity contribution in [3.63, 3.8) is 0 Å². The Kier molecular flexibility index (Phi) is 47.9. The highest BCUT2D eigenvalue weighted by atomic mass is 16.6. The van der Waals surface area contributed by atoms with Gasteiger partial charge in [0.05, 0.1) is 0 Å². The SMILES string of the molecule is CC/C=C/C=C/C=C/CCCCCCCC(=O)OCC(COC(=O)CCCCCCCCCCCCCCCCCC)OC(=O)CCCCC/C=C/CCCCCCCCC. The molecule has 61 heavy (non-hydrogen) atoms. The molecule has 6 nitrogen and oxygen atoms in total. The average molecular weight is 855 g/mol. The lowest BCUT2D eigenvalue weighted by Gasteiger charge is -2.18. The summed E-state index contributed by atoms with van der Waals surface area (Å²) in [5.41, 5.74) is 0. The molecule has 0 aliphatic rings. The van der Waals surface area contributed by atoms with Gasteiger partial charge in [-0.05, 0) is 64.2 Å². The molecular weight excluding hydrogens is 757 g/mol. The van der Waals surface area contributed by atoms with Gasteiger partial charge in [0, 0.05) is 19.3 Å². The molecule has 0 heterocycles. The Labute approximate surface area is 378 Å². The molecule has 0 bridgehead atoms. The summed E-state index contributed by atoms with van der Waals surface area (Å²) in [4.78, 5) is 38.0. The fourth-order valence-corrected chi connectivity index (χ4v) is 7.44. The van der Waals surface area contributed by atoms with Gasteiger partial charge in [-0.15, -0.1) is 0 Å². The van der Waals surface area contributed by atoms with Gasteiger partial charge in [-0.3, -0.25) is 14.4 Å². The first-order valence-corrected chi connectivity index (χ1v) is 26.2. The Hall–Kier alpha value is -2.63. The van der Waals surface area contributed by atoms with Gasteiger partial charge in [0.15, 0.2) is 6.10 Å². The lowest BCUT2D eigenvalue weighted by molar-refractivity contribution is -0.167. The molecule has 0 aromatic rings. The van der Waals surface area contributed by atoms with Crippen molar-refractivity contribution in [1.29, 1.82) is 0 Å². The number of hydrogen-bond acceptors (Lipinski definition) is 6. The fourth-order valence-electron chi connectivity index (χ4n) is 7.44. The molecule has 0 aromatic carbocycles. The normalized spacial score (nSPS) is 12.4. The number of carbonyl (C=O) groups excluding carboxylic acids is 3. The van der Waals surface area contributed by atoms with Crippen LogP contribution in [0.15, 0.2) is 48.6 Å². The van der Waals surface area contributed by atoms with E-state index in [1.165, 1.54) is 128 Å². The number of ether oxygens (including phenoxy) is 3. The van der Waals surface area contributed by atoms with Crippen LogP contribution >= 0.6 is 0 Å². The second-order valence-electron chi connectivity index (χ2n) is 17.5. The molecule has 0 saturated carbocycles. The molecule has 6 heteroatoms. The highest BCUT2D eigenvalue weighted by molar-refractivity contribution is 5.71. The summed E-state index contributed by atoms with van der Waals surface area (Å²) in [6, 6.07) is 0. The minimum Gasteiger partial charge on any atom is -0.462 e. The van der Waals surface area contributed by atoms with Crippen molar-refractivity contribution in [3.8, 4) is 0 Å². The van der Waals surface area contributed by atoms with Crippen molar-refractivity contribution in [2.75, 3.05) is 13.2 Å². The molecule has 1 unspecified atom stereocenters. The van der Waals surface area contributed by atoms with Crippen LogP contribution in [0, 0.1) is 0 Å². The molecule has 1 atom stereocenters. The van der Waals surface area contributed by atoms with Gasteiger partial charge < -0.3 is 14.2 Å². The largest absolute Gasteiger partial charge is 0.462 e. The Morgan fingerprint density at radius 1 is 0.344 bits per heavy atom. The Morgan fingerprint density at radius 2 is 0.656 bits per heavy atom. The zero-order chi connectivity index (χ0) is 44.4. The molecule has 0 aliphatic carbocycles. The number of allylic oxidation sites excluding steroid dienone is 8. The third-order valence-corrected chi connectivity index (χ3v) is 11.4. The first-order chi connectivity index (χ1) is 30.0. The minimum absolute atomic E-state index is 0.0834. The van der Waals surface area contributed by atoms with Crippen molar-refractivity contribution < 1.29 is 28.6 Å². The summed E-state index contributed by atoms with van der Waals surface area (Å²) in [5, 5.41) is 0. The van der Waals surface area contributed by atoms with Crippen LogP contribution in [0.25, 0.3) is 0 Å². The van der Waals surface area contributed by atoms with E-state index in [1.54, 1.807) is 0 Å². The van der Waals surface area contributed by atoms with Crippen molar-refractivity contribution in [3.05, 3.63) is 48.6 Å². The van der Waals surface area contributed by atoms with Crippen LogP contribution in [0.3, 0.4) is 0 Å². The maximum atomic E-state index is 12.8. The minimum atomic E-state index is -0.786. The van der Waals surface area contributed by atoms with E-state index in [2.05, 4.69) is 69.4 Å². The second-order valence-corrected chi connectivity index (χ2v) is 17.5. The molecule has 0 rings (SSSR count). The van der Waals surface area contributed by atoms with Crippen LogP contribution in [0.1, 0.15) is 265 Å². The van der Waals surface area contributed by atoms with E-state index in [-0.39, 0.29) is 31.1 Å². The predicted octanol–water partition coefficient (Wildman–Crippen LogP) is 17.1. The van der Waals surface area contributed by atoms with Crippen molar-refractivity contribution >= 4 is 17.9 Å². The smallest absolute Gasteiger partial charge is 0.306 e. The summed E-state index contributed by atoms with van der Waals surface area (Å²) in [7, 11) is 0. The summed E-state index contributed by atoms with van der Waals surface area (Å²) in [6.45, 7) is 6.49. The lowest BCUT2D eigenvalue weighted by atomic mass is 10.0. The summed E-state index contributed by atoms with van der Waals surface area (Å²) in [6.07, 6.45) is 59.5. The van der Waals surface area contributed by atoms with E-state index < -0.39 is 6.10 Å². The first-order valence-electron chi connectivity index (χ1n) is 26.2. The zero-order valence-corrected chi connectivity index (χ0v) is 40.4. The van der Waals surface area contributed by atoms with E-state index >= 15 is 0 Å². The van der Waals surface area contributed by atoms with E-state index in [4.69, 9.17) is 14.2 Å². The first kappa shape index (κ1) is 58.4. The highest BCUT2D eigenvalue weighted by Crippen LogP contribution is 2.16. The Morgan fingerprint density at radius 3 is 1.05 bits per heavy atom. The van der Waals surface area contributed by atoms with E-state index in [0.29, 0.717) is 19.3 Å². The molecule has 0 spiro atoms. The van der Waals surface area contributed by atoms with Gasteiger partial charge in [-0.2, -0.15) is 0 Å². The van der Waals surface area contributed by atoms with Crippen LogP contribution in [0.4, 0.5) is 0 Å². The molecule has 0 amide bonds. The van der Waals surface area contributed by atoms with Crippen molar-refractivity contribution in [2.45, 2.75) is 271 Å². The third kappa shape index (κ3) is 48.3. The highest BCUT2D eigenvalue weighted by Gasteiger charge is 2.19. The van der Waals surface area contributed by atoms with Crippen LogP contribution in [0.2, 0.25) is 0 Å². The maximum absolute atomic E-state index is 12.8. The topological polar surface area (TPSA) is 78.9 Å². The van der Waals surface area contributed by atoms with Crippen LogP contribution in [-0.2, 0) is 28.6 Å². The summed E-state index contributed by atoms with van der Waals surface area (Å²) < 4.78 is 16.8. The van der Waals surface area contributed by atoms with Gasteiger partial charge in [-0.1, -0.05) is 230 Å².